The van der Waals surface area contributed by atoms with Crippen LogP contribution in [0.2, 0.25) is 0 Å². The molecule has 1 aliphatic heterocycles. The van der Waals surface area contributed by atoms with Crippen LogP contribution >= 0.6 is 0 Å². The highest BCUT2D eigenvalue weighted by molar-refractivity contribution is 4.94. The summed E-state index contributed by atoms with van der Waals surface area (Å²) < 4.78 is 0. The molecule has 0 radical (unpaired) electrons. The Bertz CT molecular complexity index is 288. The highest BCUT2D eigenvalue weighted by Crippen LogP contribution is 2.49. The molecule has 0 aromatic carbocycles. The SMILES string of the molecule is CN1CCN(C2CCC3(CCCC3)CC2)C(CN)C1. The fourth-order valence-electron chi connectivity index (χ4n) is 4.89. The molecule has 1 spiro atoms. The highest BCUT2D eigenvalue weighted by Gasteiger charge is 2.40. The van der Waals surface area contributed by atoms with E-state index in [0.717, 1.165) is 24.5 Å². The summed E-state index contributed by atoms with van der Waals surface area (Å²) in [5, 5.41) is 0. The van der Waals surface area contributed by atoms with Gasteiger partial charge in [0, 0.05) is 38.3 Å². The van der Waals surface area contributed by atoms with Gasteiger partial charge >= 0.3 is 0 Å². The Kier molecular flexibility index (Phi) is 4.16. The van der Waals surface area contributed by atoms with E-state index in [0.29, 0.717) is 6.04 Å². The van der Waals surface area contributed by atoms with Crippen LogP contribution in [0, 0.1) is 5.41 Å². The van der Waals surface area contributed by atoms with Gasteiger partial charge in [-0.3, -0.25) is 4.90 Å². The summed E-state index contributed by atoms with van der Waals surface area (Å²) in [6, 6.07) is 1.43. The summed E-state index contributed by atoms with van der Waals surface area (Å²) in [6.07, 6.45) is 11.9. The summed E-state index contributed by atoms with van der Waals surface area (Å²) >= 11 is 0. The second-order valence-corrected chi connectivity index (χ2v) is 7.33. The second-order valence-electron chi connectivity index (χ2n) is 7.33. The van der Waals surface area contributed by atoms with Crippen molar-refractivity contribution in [3.8, 4) is 0 Å². The van der Waals surface area contributed by atoms with Crippen LogP contribution in [0.25, 0.3) is 0 Å². The Morgan fingerprint density at radius 3 is 2.37 bits per heavy atom. The van der Waals surface area contributed by atoms with E-state index in [1.807, 2.05) is 0 Å². The molecule has 110 valence electrons. The number of piperazine rings is 1. The molecule has 19 heavy (non-hydrogen) atoms. The number of nitrogens with two attached hydrogens (primary N) is 1. The fourth-order valence-corrected chi connectivity index (χ4v) is 4.89. The van der Waals surface area contributed by atoms with Gasteiger partial charge in [0.15, 0.2) is 0 Å². The summed E-state index contributed by atoms with van der Waals surface area (Å²) in [5.74, 6) is 0. The lowest BCUT2D eigenvalue weighted by molar-refractivity contribution is 0.0192. The van der Waals surface area contributed by atoms with Crippen molar-refractivity contribution in [3.63, 3.8) is 0 Å². The van der Waals surface area contributed by atoms with Gasteiger partial charge in [-0.15, -0.1) is 0 Å². The molecule has 2 saturated carbocycles. The van der Waals surface area contributed by atoms with Gasteiger partial charge in [0.25, 0.3) is 0 Å². The molecule has 0 aromatic heterocycles. The van der Waals surface area contributed by atoms with Gasteiger partial charge in [0.2, 0.25) is 0 Å². The molecular weight excluding hydrogens is 234 g/mol. The minimum Gasteiger partial charge on any atom is -0.329 e. The van der Waals surface area contributed by atoms with Gasteiger partial charge in [0.1, 0.15) is 0 Å². The molecule has 0 amide bonds. The zero-order valence-electron chi connectivity index (χ0n) is 12.6. The van der Waals surface area contributed by atoms with Gasteiger partial charge in [-0.05, 0) is 51.0 Å². The molecular formula is C16H31N3. The average Bonchev–Trinajstić information content (AvgIpc) is 2.88. The third-order valence-electron chi connectivity index (χ3n) is 6.15. The highest BCUT2D eigenvalue weighted by atomic mass is 15.3. The van der Waals surface area contributed by atoms with Crippen molar-refractivity contribution >= 4 is 0 Å². The van der Waals surface area contributed by atoms with Crippen LogP contribution in [0.3, 0.4) is 0 Å². The van der Waals surface area contributed by atoms with E-state index in [9.17, 15) is 0 Å². The van der Waals surface area contributed by atoms with Gasteiger partial charge < -0.3 is 10.6 Å². The number of likely N-dealkylation sites (N-methyl/N-ethyl adjacent to an activating group) is 1. The van der Waals surface area contributed by atoms with Crippen molar-refractivity contribution in [1.82, 2.24) is 9.80 Å². The first-order valence-electron chi connectivity index (χ1n) is 8.37. The van der Waals surface area contributed by atoms with E-state index in [1.165, 1.54) is 64.5 Å². The smallest absolute Gasteiger partial charge is 0.0349 e. The van der Waals surface area contributed by atoms with E-state index in [-0.39, 0.29) is 0 Å². The number of hydrogen-bond acceptors (Lipinski definition) is 3. The summed E-state index contributed by atoms with van der Waals surface area (Å²) in [4.78, 5) is 5.19. The molecule has 1 unspecified atom stereocenters. The number of hydrogen-bond donors (Lipinski definition) is 1. The third-order valence-corrected chi connectivity index (χ3v) is 6.15. The zero-order chi connectivity index (χ0) is 13.3. The molecule has 0 aromatic rings. The Hall–Kier alpha value is -0.120. The molecule has 3 nitrogen and oxygen atoms in total. The maximum Gasteiger partial charge on any atom is 0.0349 e. The molecule has 1 atom stereocenters. The van der Waals surface area contributed by atoms with Crippen molar-refractivity contribution in [2.45, 2.75) is 63.5 Å². The normalized spacial score (nSPS) is 34.1. The average molecular weight is 265 g/mol. The van der Waals surface area contributed by atoms with Crippen LogP contribution in [0.4, 0.5) is 0 Å². The zero-order valence-corrected chi connectivity index (χ0v) is 12.6. The van der Waals surface area contributed by atoms with E-state index >= 15 is 0 Å². The minimum absolute atomic E-state index is 0.598. The van der Waals surface area contributed by atoms with Crippen LogP contribution in [0.1, 0.15) is 51.4 Å². The molecule has 3 aliphatic rings. The van der Waals surface area contributed by atoms with Crippen molar-refractivity contribution in [2.24, 2.45) is 11.1 Å². The molecule has 1 saturated heterocycles. The first-order chi connectivity index (χ1) is 9.22. The van der Waals surface area contributed by atoms with E-state index in [1.54, 1.807) is 0 Å². The lowest BCUT2D eigenvalue weighted by Crippen LogP contribution is -2.58. The molecule has 2 N–H and O–H groups in total. The Balaban J connectivity index is 1.58. The summed E-state index contributed by atoms with van der Waals surface area (Å²) in [6.45, 7) is 4.44. The number of rotatable bonds is 2. The molecule has 3 heteroatoms. The van der Waals surface area contributed by atoms with Crippen molar-refractivity contribution in [1.29, 1.82) is 0 Å². The van der Waals surface area contributed by atoms with E-state index < -0.39 is 0 Å². The van der Waals surface area contributed by atoms with Gasteiger partial charge in [0.05, 0.1) is 0 Å². The first-order valence-corrected chi connectivity index (χ1v) is 8.37. The lowest BCUT2D eigenvalue weighted by atomic mass is 9.71. The quantitative estimate of drug-likeness (QED) is 0.829. The van der Waals surface area contributed by atoms with Gasteiger partial charge in [-0.1, -0.05) is 12.8 Å². The molecule has 3 rings (SSSR count). The molecule has 0 bridgehead atoms. The molecule has 3 fully saturated rings. The van der Waals surface area contributed by atoms with E-state index in [4.69, 9.17) is 5.73 Å². The Morgan fingerprint density at radius 2 is 1.74 bits per heavy atom. The van der Waals surface area contributed by atoms with Crippen molar-refractivity contribution in [2.75, 3.05) is 33.2 Å². The first kappa shape index (κ1) is 13.8. The fraction of sp³-hybridized carbons (Fsp3) is 1.00. The predicted octanol–water partition coefficient (Wildman–Crippen LogP) is 2.06. The Morgan fingerprint density at radius 1 is 1.05 bits per heavy atom. The monoisotopic (exact) mass is 265 g/mol. The maximum absolute atomic E-state index is 6.01. The van der Waals surface area contributed by atoms with Crippen LogP contribution in [0.5, 0.6) is 0 Å². The van der Waals surface area contributed by atoms with Crippen LogP contribution in [-0.4, -0.2) is 55.1 Å². The summed E-state index contributed by atoms with van der Waals surface area (Å²) in [5.41, 5.74) is 6.78. The molecule has 1 heterocycles. The van der Waals surface area contributed by atoms with Crippen molar-refractivity contribution in [3.05, 3.63) is 0 Å². The lowest BCUT2D eigenvalue weighted by Gasteiger charge is -2.48. The van der Waals surface area contributed by atoms with E-state index in [2.05, 4.69) is 16.8 Å². The molecule has 2 aliphatic carbocycles. The van der Waals surface area contributed by atoms with Crippen LogP contribution in [-0.2, 0) is 0 Å². The maximum atomic E-state index is 6.01. The van der Waals surface area contributed by atoms with Crippen LogP contribution < -0.4 is 5.73 Å². The minimum atomic E-state index is 0.598. The standard InChI is InChI=1S/C16H31N3/c1-18-10-11-19(15(12-17)13-18)14-4-8-16(9-5-14)6-2-3-7-16/h14-15H,2-13,17H2,1H3. The third kappa shape index (κ3) is 2.84. The Labute approximate surface area is 118 Å². The van der Waals surface area contributed by atoms with Gasteiger partial charge in [-0.2, -0.15) is 0 Å². The van der Waals surface area contributed by atoms with Crippen LogP contribution in [0.15, 0.2) is 0 Å². The summed E-state index contributed by atoms with van der Waals surface area (Å²) in [7, 11) is 2.23. The van der Waals surface area contributed by atoms with Crippen molar-refractivity contribution < 1.29 is 0 Å². The topological polar surface area (TPSA) is 32.5 Å². The predicted molar refractivity (Wildman–Crippen MR) is 80.2 cm³/mol. The largest absolute Gasteiger partial charge is 0.329 e. The number of nitrogens with zero attached hydrogens (tertiary/aromatic N) is 2. The second kappa shape index (κ2) is 5.71. The van der Waals surface area contributed by atoms with Gasteiger partial charge in [-0.25, -0.2) is 0 Å².